The SMILES string of the molecule is C=C[C@]1(C)C[C@@H](OC(=O)CS[C@@H]2CC[C@@H](N)C[C@H]2S[C@@H]2CC[C@@H](N)C[C@H]2O)[C@]2(C)[C@H](C)CC[C@]3(CCC(=O)[C@H]32)[C@@H](C)[C@@H]1O. The summed E-state index contributed by atoms with van der Waals surface area (Å²) in [6.07, 6.45) is 9.20. The maximum absolute atomic E-state index is 13.7. The van der Waals surface area contributed by atoms with Gasteiger partial charge in [0.1, 0.15) is 11.9 Å². The maximum Gasteiger partial charge on any atom is 0.316 e. The largest absolute Gasteiger partial charge is 0.461 e. The highest BCUT2D eigenvalue weighted by molar-refractivity contribution is 8.04. The third kappa shape index (κ3) is 6.14. The quantitative estimate of drug-likeness (QED) is 0.228. The zero-order valence-electron chi connectivity index (χ0n) is 26.7. The molecule has 0 aromatic heterocycles. The van der Waals surface area contributed by atoms with E-state index < -0.39 is 29.1 Å². The van der Waals surface area contributed by atoms with Gasteiger partial charge in [0.25, 0.3) is 0 Å². The lowest BCUT2D eigenvalue weighted by Crippen LogP contribution is -2.63. The van der Waals surface area contributed by atoms with E-state index in [1.165, 1.54) is 0 Å². The lowest BCUT2D eigenvalue weighted by Gasteiger charge is -2.61. The van der Waals surface area contributed by atoms with Gasteiger partial charge in [0.2, 0.25) is 0 Å². The van der Waals surface area contributed by atoms with Crippen LogP contribution < -0.4 is 11.5 Å². The predicted molar refractivity (Wildman–Crippen MR) is 176 cm³/mol. The molecule has 0 amide bonds. The zero-order valence-corrected chi connectivity index (χ0v) is 28.3. The first-order chi connectivity index (χ1) is 20.2. The number of Topliss-reactive ketones (excluding diaryl/α,β-unsaturated/α-hetero) is 1. The Hall–Kier alpha value is -0.580. The van der Waals surface area contributed by atoms with Crippen LogP contribution in [-0.2, 0) is 14.3 Å². The van der Waals surface area contributed by atoms with E-state index in [9.17, 15) is 19.8 Å². The first kappa shape index (κ1) is 33.8. The summed E-state index contributed by atoms with van der Waals surface area (Å²) in [7, 11) is 0. The van der Waals surface area contributed by atoms with Gasteiger partial charge in [0.05, 0.1) is 18.0 Å². The summed E-state index contributed by atoms with van der Waals surface area (Å²) in [5.41, 5.74) is 11.1. The number of nitrogens with two attached hydrogens (primary N) is 2. The van der Waals surface area contributed by atoms with E-state index in [0.717, 1.165) is 51.4 Å². The van der Waals surface area contributed by atoms with Crippen molar-refractivity contribution in [1.82, 2.24) is 0 Å². The van der Waals surface area contributed by atoms with Crippen LogP contribution in [0.4, 0.5) is 0 Å². The van der Waals surface area contributed by atoms with Crippen molar-refractivity contribution in [2.24, 2.45) is 45.5 Å². The molecule has 43 heavy (non-hydrogen) atoms. The third-order valence-corrected chi connectivity index (χ3v) is 16.2. The van der Waals surface area contributed by atoms with Crippen LogP contribution in [0.3, 0.4) is 0 Å². The molecule has 0 aliphatic heterocycles. The number of carbonyl (C=O) groups is 2. The molecule has 6 N–H and O–H groups in total. The van der Waals surface area contributed by atoms with Crippen LogP contribution >= 0.6 is 23.5 Å². The molecule has 0 aromatic carbocycles. The summed E-state index contributed by atoms with van der Waals surface area (Å²) in [5, 5.41) is 23.2. The molecule has 244 valence electrons. The van der Waals surface area contributed by atoms with Gasteiger partial charge in [-0.1, -0.05) is 33.8 Å². The summed E-state index contributed by atoms with van der Waals surface area (Å²) in [6.45, 7) is 12.7. The normalized spacial score (nSPS) is 50.3. The molecule has 0 aromatic rings. The second-order valence-electron chi connectivity index (χ2n) is 15.3. The predicted octanol–water partition coefficient (Wildman–Crippen LogP) is 4.85. The van der Waals surface area contributed by atoms with Gasteiger partial charge in [0.15, 0.2) is 0 Å². The molecule has 9 heteroatoms. The van der Waals surface area contributed by atoms with Crippen LogP contribution in [0, 0.1) is 34.0 Å². The van der Waals surface area contributed by atoms with Crippen molar-refractivity contribution >= 4 is 35.3 Å². The summed E-state index contributed by atoms with van der Waals surface area (Å²) in [5.74, 6) is 0.214. The second kappa shape index (κ2) is 12.9. The first-order valence-corrected chi connectivity index (χ1v) is 18.7. The van der Waals surface area contributed by atoms with Crippen LogP contribution in [0.15, 0.2) is 12.7 Å². The summed E-state index contributed by atoms with van der Waals surface area (Å²) >= 11 is 3.50. The number of ketones is 1. The Labute approximate surface area is 267 Å². The molecule has 5 saturated carbocycles. The molecule has 5 fully saturated rings. The fourth-order valence-electron chi connectivity index (χ4n) is 9.87. The van der Waals surface area contributed by atoms with E-state index in [-0.39, 0.29) is 68.5 Å². The number of carbonyl (C=O) groups excluding carboxylic acids is 2. The van der Waals surface area contributed by atoms with E-state index in [2.05, 4.69) is 27.4 Å². The second-order valence-corrected chi connectivity index (χ2v) is 18.1. The monoisotopic (exact) mass is 636 g/mol. The fraction of sp³-hybridized carbons (Fsp3) is 0.882. The zero-order chi connectivity index (χ0) is 31.3. The van der Waals surface area contributed by atoms with Gasteiger partial charge in [-0.05, 0) is 81.5 Å². The Balaban J connectivity index is 1.33. The standard InChI is InChI=1S/C34H56N2O5S2/c1-6-32(4)17-28(33(5)19(2)11-13-34(20(3)31(32)40)14-12-23(37)30(33)34)41-29(39)18-42-26-10-8-22(36)16-27(26)43-25-9-7-21(35)15-24(25)38/h6,19-22,24-28,30-31,38,40H,1,7-18,35-36H2,2-5H3/t19-,20+,21-,22-,24-,25-,26-,27-,28-,30+,31+,32-,33+,34+/m1/s1. The van der Waals surface area contributed by atoms with Crippen molar-refractivity contribution < 1.29 is 24.5 Å². The fourth-order valence-corrected chi connectivity index (χ4v) is 13.0. The summed E-state index contributed by atoms with van der Waals surface area (Å²) in [6, 6.07) is 0.209. The van der Waals surface area contributed by atoms with Crippen LogP contribution in [-0.4, -0.2) is 73.9 Å². The molecule has 2 bridgehead atoms. The molecule has 5 aliphatic rings. The van der Waals surface area contributed by atoms with Crippen LogP contribution in [0.5, 0.6) is 0 Å². The number of aliphatic hydroxyl groups is 2. The Bertz CT molecular complexity index is 1060. The minimum absolute atomic E-state index is 0.0449. The topological polar surface area (TPSA) is 136 Å². The number of esters is 1. The smallest absolute Gasteiger partial charge is 0.316 e. The van der Waals surface area contributed by atoms with Gasteiger partial charge in [0, 0.05) is 51.0 Å². The van der Waals surface area contributed by atoms with Gasteiger partial charge in [-0.3, -0.25) is 9.59 Å². The molecule has 0 unspecified atom stereocenters. The number of rotatable bonds is 7. The molecule has 0 heterocycles. The highest BCUT2D eigenvalue weighted by Gasteiger charge is 2.68. The minimum Gasteiger partial charge on any atom is -0.461 e. The van der Waals surface area contributed by atoms with E-state index in [0.29, 0.717) is 19.3 Å². The molecule has 0 radical (unpaired) electrons. The third-order valence-electron chi connectivity index (χ3n) is 12.9. The van der Waals surface area contributed by atoms with E-state index in [4.69, 9.17) is 16.2 Å². The van der Waals surface area contributed by atoms with Gasteiger partial charge < -0.3 is 26.4 Å². The number of hydrogen-bond donors (Lipinski definition) is 4. The average Bonchev–Trinajstić information content (AvgIpc) is 3.32. The highest BCUT2D eigenvalue weighted by atomic mass is 32.2. The first-order valence-electron chi connectivity index (χ1n) is 16.7. The molecule has 0 spiro atoms. The molecular weight excluding hydrogens is 581 g/mol. The van der Waals surface area contributed by atoms with Crippen LogP contribution in [0.25, 0.3) is 0 Å². The van der Waals surface area contributed by atoms with Crippen molar-refractivity contribution in [3.05, 3.63) is 12.7 Å². The number of thioether (sulfide) groups is 2. The van der Waals surface area contributed by atoms with Crippen molar-refractivity contribution in [2.45, 2.75) is 144 Å². The summed E-state index contributed by atoms with van der Waals surface area (Å²) < 4.78 is 6.49. The van der Waals surface area contributed by atoms with Gasteiger partial charge in [-0.25, -0.2) is 0 Å². The Morgan fingerprint density at radius 3 is 2.37 bits per heavy atom. The molecule has 14 atom stereocenters. The van der Waals surface area contributed by atoms with Gasteiger partial charge in [-0.2, -0.15) is 11.8 Å². The van der Waals surface area contributed by atoms with Gasteiger partial charge in [-0.15, -0.1) is 18.3 Å². The number of aliphatic hydroxyl groups excluding tert-OH is 2. The van der Waals surface area contributed by atoms with Crippen molar-refractivity contribution in [1.29, 1.82) is 0 Å². The van der Waals surface area contributed by atoms with Crippen molar-refractivity contribution in [3.8, 4) is 0 Å². The van der Waals surface area contributed by atoms with Crippen LogP contribution in [0.2, 0.25) is 0 Å². The van der Waals surface area contributed by atoms with E-state index in [1.807, 2.05) is 24.8 Å². The highest BCUT2D eigenvalue weighted by Crippen LogP contribution is 2.68. The number of ether oxygens (including phenoxy) is 1. The van der Waals surface area contributed by atoms with E-state index >= 15 is 0 Å². The Kier molecular flexibility index (Phi) is 10.1. The van der Waals surface area contributed by atoms with Gasteiger partial charge >= 0.3 is 5.97 Å². The molecule has 5 aliphatic carbocycles. The maximum atomic E-state index is 13.7. The Morgan fingerprint density at radius 1 is 1.02 bits per heavy atom. The molecule has 5 rings (SSSR count). The molecule has 7 nitrogen and oxygen atoms in total. The Morgan fingerprint density at radius 2 is 1.70 bits per heavy atom. The average molecular weight is 637 g/mol. The van der Waals surface area contributed by atoms with Crippen molar-refractivity contribution in [2.75, 3.05) is 5.75 Å². The lowest BCUT2D eigenvalue weighted by atomic mass is 9.44. The molecule has 0 saturated heterocycles. The molecular formula is C34H56N2O5S2. The lowest BCUT2D eigenvalue weighted by molar-refractivity contribution is -0.205. The minimum atomic E-state index is -0.666. The van der Waals surface area contributed by atoms with Crippen LogP contribution in [0.1, 0.15) is 98.3 Å². The van der Waals surface area contributed by atoms with E-state index in [1.54, 1.807) is 11.8 Å². The summed E-state index contributed by atoms with van der Waals surface area (Å²) in [4.78, 5) is 27.4. The number of hydrogen-bond acceptors (Lipinski definition) is 9. The van der Waals surface area contributed by atoms with Crippen molar-refractivity contribution in [3.63, 3.8) is 0 Å².